The third kappa shape index (κ3) is 8.13. The number of hydrogen-bond acceptors (Lipinski definition) is 3. The van der Waals surface area contributed by atoms with Crippen LogP contribution < -0.4 is 10.1 Å². The Morgan fingerprint density at radius 1 is 1.07 bits per heavy atom. The van der Waals surface area contributed by atoms with Crippen LogP contribution in [0.5, 0.6) is 5.75 Å². The number of nitrogens with zero attached hydrogens (tertiary/aromatic N) is 1. The number of hydrogen-bond donors (Lipinski definition) is 1. The van der Waals surface area contributed by atoms with Gasteiger partial charge in [0, 0.05) is 12.1 Å². The fourth-order valence-corrected chi connectivity index (χ4v) is 2.48. The lowest BCUT2D eigenvalue weighted by Crippen LogP contribution is -2.33. The fourth-order valence-electron chi connectivity index (χ4n) is 2.48. The number of nitrogens with one attached hydrogen (secondary N) is 1. The highest BCUT2D eigenvalue weighted by atomic mass is 19.4. The highest BCUT2D eigenvalue weighted by Crippen LogP contribution is 2.16. The standard InChI is InChI=1S/C20H23F3N2O2/c1-25(15-20(21,22)23)13-5-12-24-19(26)17-8-10-18(11-9-17)27-14-16-6-3-2-4-7-16/h2-4,6-11H,5,12-15H2,1H3,(H,24,26). The first kappa shape index (κ1) is 20.8. The molecule has 27 heavy (non-hydrogen) atoms. The lowest BCUT2D eigenvalue weighted by atomic mass is 10.2. The van der Waals surface area contributed by atoms with E-state index in [0.29, 0.717) is 30.9 Å². The van der Waals surface area contributed by atoms with Crippen LogP contribution in [-0.4, -0.2) is 43.7 Å². The lowest BCUT2D eigenvalue weighted by molar-refractivity contribution is -0.143. The van der Waals surface area contributed by atoms with Crippen molar-refractivity contribution in [2.45, 2.75) is 19.2 Å². The molecular weight excluding hydrogens is 357 g/mol. The van der Waals surface area contributed by atoms with E-state index < -0.39 is 12.7 Å². The molecule has 0 aliphatic rings. The molecule has 1 N–H and O–H groups in total. The molecule has 146 valence electrons. The summed E-state index contributed by atoms with van der Waals surface area (Å²) in [5, 5.41) is 2.71. The Morgan fingerprint density at radius 3 is 2.37 bits per heavy atom. The lowest BCUT2D eigenvalue weighted by Gasteiger charge is -2.18. The first-order valence-corrected chi connectivity index (χ1v) is 8.64. The summed E-state index contributed by atoms with van der Waals surface area (Å²) in [5.74, 6) is 0.396. The smallest absolute Gasteiger partial charge is 0.401 e. The molecular formula is C20H23F3N2O2. The van der Waals surface area contributed by atoms with Gasteiger partial charge in [0.25, 0.3) is 5.91 Å². The number of alkyl halides is 3. The van der Waals surface area contributed by atoms with Crippen molar-refractivity contribution >= 4 is 5.91 Å². The van der Waals surface area contributed by atoms with Crippen molar-refractivity contribution < 1.29 is 22.7 Å². The zero-order valence-electron chi connectivity index (χ0n) is 15.1. The monoisotopic (exact) mass is 380 g/mol. The van der Waals surface area contributed by atoms with Crippen molar-refractivity contribution in [1.82, 2.24) is 10.2 Å². The summed E-state index contributed by atoms with van der Waals surface area (Å²) in [6.45, 7) is 0.0581. The predicted molar refractivity (Wildman–Crippen MR) is 97.7 cm³/mol. The molecule has 0 saturated heterocycles. The second-order valence-corrected chi connectivity index (χ2v) is 6.26. The van der Waals surface area contributed by atoms with E-state index in [1.54, 1.807) is 24.3 Å². The van der Waals surface area contributed by atoms with Gasteiger partial charge in [-0.05, 0) is 49.8 Å². The summed E-state index contributed by atoms with van der Waals surface area (Å²) in [5.41, 5.74) is 1.53. The van der Waals surface area contributed by atoms with Crippen LogP contribution in [0.1, 0.15) is 22.3 Å². The van der Waals surface area contributed by atoms with E-state index in [9.17, 15) is 18.0 Å². The van der Waals surface area contributed by atoms with Gasteiger partial charge in [-0.15, -0.1) is 0 Å². The minimum atomic E-state index is -4.21. The number of amides is 1. The Kier molecular flexibility index (Phi) is 7.67. The normalized spacial score (nSPS) is 11.4. The van der Waals surface area contributed by atoms with Gasteiger partial charge in [-0.25, -0.2) is 0 Å². The number of rotatable bonds is 9. The van der Waals surface area contributed by atoms with Crippen molar-refractivity contribution in [3.8, 4) is 5.75 Å². The molecule has 4 nitrogen and oxygen atoms in total. The van der Waals surface area contributed by atoms with Crippen LogP contribution in [0.2, 0.25) is 0 Å². The van der Waals surface area contributed by atoms with Gasteiger partial charge < -0.3 is 10.1 Å². The molecule has 0 spiro atoms. The molecule has 1 amide bonds. The fraction of sp³-hybridized carbons (Fsp3) is 0.350. The molecule has 0 aromatic heterocycles. The summed E-state index contributed by atoms with van der Waals surface area (Å²) in [6, 6.07) is 16.5. The second kappa shape index (κ2) is 9.97. The maximum atomic E-state index is 12.2. The van der Waals surface area contributed by atoms with Gasteiger partial charge in [0.1, 0.15) is 12.4 Å². The molecule has 2 rings (SSSR count). The van der Waals surface area contributed by atoms with E-state index in [4.69, 9.17) is 4.74 Å². The third-order valence-electron chi connectivity index (χ3n) is 3.82. The van der Waals surface area contributed by atoms with Gasteiger partial charge in [-0.2, -0.15) is 13.2 Å². The average Bonchev–Trinajstić information content (AvgIpc) is 2.63. The summed E-state index contributed by atoms with van der Waals surface area (Å²) in [4.78, 5) is 13.2. The topological polar surface area (TPSA) is 41.6 Å². The van der Waals surface area contributed by atoms with Crippen LogP contribution >= 0.6 is 0 Å². The SMILES string of the molecule is CN(CCCNC(=O)c1ccc(OCc2ccccc2)cc1)CC(F)(F)F. The first-order chi connectivity index (χ1) is 12.8. The Morgan fingerprint density at radius 2 is 1.74 bits per heavy atom. The van der Waals surface area contributed by atoms with E-state index >= 15 is 0 Å². The minimum Gasteiger partial charge on any atom is -0.489 e. The number of carbonyl (C=O) groups excluding carboxylic acids is 1. The Bertz CT molecular complexity index is 703. The first-order valence-electron chi connectivity index (χ1n) is 8.64. The number of benzene rings is 2. The Balaban J connectivity index is 1.70. The van der Waals surface area contributed by atoms with Crippen molar-refractivity contribution in [2.24, 2.45) is 0 Å². The average molecular weight is 380 g/mol. The molecule has 0 heterocycles. The van der Waals surface area contributed by atoms with E-state index in [-0.39, 0.29) is 12.5 Å². The van der Waals surface area contributed by atoms with Crippen LogP contribution in [0.3, 0.4) is 0 Å². The van der Waals surface area contributed by atoms with Crippen molar-refractivity contribution in [2.75, 3.05) is 26.7 Å². The predicted octanol–water partition coefficient (Wildman–Crippen LogP) is 3.88. The molecule has 7 heteroatoms. The largest absolute Gasteiger partial charge is 0.489 e. The number of halogens is 3. The molecule has 0 unspecified atom stereocenters. The summed E-state index contributed by atoms with van der Waals surface area (Å²) in [7, 11) is 1.41. The third-order valence-corrected chi connectivity index (χ3v) is 3.82. The van der Waals surface area contributed by atoms with E-state index in [0.717, 1.165) is 5.56 Å². The highest BCUT2D eigenvalue weighted by Gasteiger charge is 2.28. The molecule has 0 saturated carbocycles. The maximum Gasteiger partial charge on any atom is 0.401 e. The van der Waals surface area contributed by atoms with E-state index in [1.807, 2.05) is 30.3 Å². The van der Waals surface area contributed by atoms with Crippen LogP contribution in [0.4, 0.5) is 13.2 Å². The van der Waals surface area contributed by atoms with Gasteiger partial charge in [0.15, 0.2) is 0 Å². The summed E-state index contributed by atoms with van der Waals surface area (Å²) < 4.78 is 42.3. The van der Waals surface area contributed by atoms with Gasteiger partial charge in [-0.3, -0.25) is 9.69 Å². The second-order valence-electron chi connectivity index (χ2n) is 6.26. The maximum absolute atomic E-state index is 12.2. The van der Waals surface area contributed by atoms with Crippen molar-refractivity contribution in [1.29, 1.82) is 0 Å². The zero-order chi connectivity index (χ0) is 19.7. The molecule has 0 aliphatic heterocycles. The van der Waals surface area contributed by atoms with E-state index in [1.165, 1.54) is 11.9 Å². The van der Waals surface area contributed by atoms with Crippen LogP contribution in [-0.2, 0) is 6.61 Å². The molecule has 2 aromatic carbocycles. The van der Waals surface area contributed by atoms with Gasteiger partial charge in [0.05, 0.1) is 6.54 Å². The molecule has 0 fully saturated rings. The van der Waals surface area contributed by atoms with Crippen molar-refractivity contribution in [3.05, 3.63) is 65.7 Å². The molecule has 0 aliphatic carbocycles. The number of ether oxygens (including phenoxy) is 1. The zero-order valence-corrected chi connectivity index (χ0v) is 15.1. The minimum absolute atomic E-state index is 0.256. The summed E-state index contributed by atoms with van der Waals surface area (Å²) >= 11 is 0. The molecule has 0 atom stereocenters. The molecule has 2 aromatic rings. The molecule has 0 radical (unpaired) electrons. The highest BCUT2D eigenvalue weighted by molar-refractivity contribution is 5.94. The van der Waals surface area contributed by atoms with Crippen LogP contribution in [0, 0.1) is 0 Å². The van der Waals surface area contributed by atoms with Crippen LogP contribution in [0.15, 0.2) is 54.6 Å². The van der Waals surface area contributed by atoms with Gasteiger partial charge in [0.2, 0.25) is 0 Å². The number of carbonyl (C=O) groups is 1. The Labute approximate surface area is 156 Å². The summed E-state index contributed by atoms with van der Waals surface area (Å²) in [6.07, 6.45) is -3.76. The van der Waals surface area contributed by atoms with E-state index in [2.05, 4.69) is 5.32 Å². The quantitative estimate of drug-likeness (QED) is 0.672. The van der Waals surface area contributed by atoms with Crippen LogP contribution in [0.25, 0.3) is 0 Å². The Hall–Kier alpha value is -2.54. The van der Waals surface area contributed by atoms with Crippen molar-refractivity contribution in [3.63, 3.8) is 0 Å². The van der Waals surface area contributed by atoms with Gasteiger partial charge >= 0.3 is 6.18 Å². The molecule has 0 bridgehead atoms. The van der Waals surface area contributed by atoms with Gasteiger partial charge in [-0.1, -0.05) is 30.3 Å².